The second-order valence-corrected chi connectivity index (χ2v) is 8.38. The van der Waals surface area contributed by atoms with Gasteiger partial charge in [0.15, 0.2) is 0 Å². The Morgan fingerprint density at radius 3 is 2.36 bits per heavy atom. The Morgan fingerprint density at radius 2 is 1.73 bits per heavy atom. The zero-order chi connectivity index (χ0) is 15.7. The minimum Gasteiger partial charge on any atom is -0.328 e. The molecule has 1 aromatic carbocycles. The molecule has 22 heavy (non-hydrogen) atoms. The minimum atomic E-state index is -3.35. The van der Waals surface area contributed by atoms with Crippen LogP contribution in [0.4, 0.5) is 0 Å². The first-order chi connectivity index (χ1) is 10.5. The van der Waals surface area contributed by atoms with Gasteiger partial charge in [0.2, 0.25) is 0 Å². The predicted molar refractivity (Wildman–Crippen MR) is 87.4 cm³/mol. The molecule has 0 radical (unpaired) electrons. The Balaban J connectivity index is 1.70. The smallest absolute Gasteiger partial charge is 0.282 e. The lowest BCUT2D eigenvalue weighted by atomic mass is 9.92. The fraction of sp³-hybridized carbons (Fsp3) is 0.625. The summed E-state index contributed by atoms with van der Waals surface area (Å²) < 4.78 is 29.0. The van der Waals surface area contributed by atoms with Crippen LogP contribution in [-0.2, 0) is 23.2 Å². The van der Waals surface area contributed by atoms with Crippen molar-refractivity contribution in [3.8, 4) is 0 Å². The molecule has 2 heterocycles. The van der Waals surface area contributed by atoms with Gasteiger partial charge in [-0.1, -0.05) is 24.3 Å². The van der Waals surface area contributed by atoms with Crippen molar-refractivity contribution in [1.82, 2.24) is 8.61 Å². The summed E-state index contributed by atoms with van der Waals surface area (Å²) in [5, 5.41) is 0. The number of piperidine rings is 1. The summed E-state index contributed by atoms with van der Waals surface area (Å²) in [6.07, 6.45) is 2.52. The number of fused-ring (bicyclic) bond motifs is 1. The van der Waals surface area contributed by atoms with Gasteiger partial charge < -0.3 is 5.73 Å². The van der Waals surface area contributed by atoms with Gasteiger partial charge in [0.25, 0.3) is 10.2 Å². The predicted octanol–water partition coefficient (Wildman–Crippen LogP) is 1.35. The van der Waals surface area contributed by atoms with E-state index < -0.39 is 10.2 Å². The van der Waals surface area contributed by atoms with Crippen molar-refractivity contribution in [2.45, 2.75) is 38.8 Å². The van der Waals surface area contributed by atoms with Gasteiger partial charge in [0, 0.05) is 32.2 Å². The first kappa shape index (κ1) is 15.9. The van der Waals surface area contributed by atoms with Crippen LogP contribution in [0.1, 0.15) is 30.9 Å². The molecule has 0 aromatic heterocycles. The molecule has 1 saturated heterocycles. The molecule has 2 aliphatic rings. The van der Waals surface area contributed by atoms with Gasteiger partial charge >= 0.3 is 0 Å². The number of hydrogen-bond donors (Lipinski definition) is 1. The molecule has 2 N–H and O–H groups in total. The number of benzene rings is 1. The second kappa shape index (κ2) is 6.28. The van der Waals surface area contributed by atoms with Crippen LogP contribution in [0.5, 0.6) is 0 Å². The van der Waals surface area contributed by atoms with E-state index in [-0.39, 0.29) is 6.04 Å². The van der Waals surface area contributed by atoms with Crippen LogP contribution in [0, 0.1) is 5.92 Å². The van der Waals surface area contributed by atoms with Crippen molar-refractivity contribution in [3.05, 3.63) is 35.4 Å². The van der Waals surface area contributed by atoms with E-state index in [0.717, 1.165) is 24.8 Å². The van der Waals surface area contributed by atoms with Crippen molar-refractivity contribution >= 4 is 10.2 Å². The Bertz CT molecular complexity index is 622. The number of hydrogen-bond acceptors (Lipinski definition) is 3. The highest BCUT2D eigenvalue weighted by Gasteiger charge is 2.35. The summed E-state index contributed by atoms with van der Waals surface area (Å²) in [7, 11) is -3.35. The maximum Gasteiger partial charge on any atom is 0.282 e. The van der Waals surface area contributed by atoms with Crippen LogP contribution in [-0.4, -0.2) is 42.7 Å². The Morgan fingerprint density at radius 1 is 1.09 bits per heavy atom. The largest absolute Gasteiger partial charge is 0.328 e. The topological polar surface area (TPSA) is 66.6 Å². The van der Waals surface area contributed by atoms with Crippen molar-refractivity contribution in [3.63, 3.8) is 0 Å². The Labute approximate surface area is 133 Å². The maximum atomic E-state index is 12.8. The highest BCUT2D eigenvalue weighted by Crippen LogP contribution is 2.26. The van der Waals surface area contributed by atoms with Gasteiger partial charge in [-0.05, 0) is 43.2 Å². The summed E-state index contributed by atoms with van der Waals surface area (Å²) in [4.78, 5) is 0. The highest BCUT2D eigenvalue weighted by molar-refractivity contribution is 7.86. The molecule has 2 aliphatic heterocycles. The van der Waals surface area contributed by atoms with Crippen LogP contribution < -0.4 is 5.73 Å². The van der Waals surface area contributed by atoms with Gasteiger partial charge in [-0.3, -0.25) is 0 Å². The van der Waals surface area contributed by atoms with Crippen molar-refractivity contribution in [2.75, 3.05) is 19.6 Å². The van der Waals surface area contributed by atoms with E-state index in [0.29, 0.717) is 32.1 Å². The fourth-order valence-corrected chi connectivity index (χ4v) is 5.09. The van der Waals surface area contributed by atoms with E-state index in [1.807, 2.05) is 25.1 Å². The van der Waals surface area contributed by atoms with Crippen LogP contribution in [0.25, 0.3) is 0 Å². The molecule has 1 atom stereocenters. The summed E-state index contributed by atoms with van der Waals surface area (Å²) in [6, 6.07) is 8.25. The highest BCUT2D eigenvalue weighted by atomic mass is 32.2. The molecular weight excluding hydrogens is 298 g/mol. The van der Waals surface area contributed by atoms with E-state index in [2.05, 4.69) is 6.07 Å². The third-order valence-electron chi connectivity index (χ3n) is 4.99. The lowest BCUT2D eigenvalue weighted by Crippen LogP contribution is -2.49. The van der Waals surface area contributed by atoms with Gasteiger partial charge in [-0.25, -0.2) is 0 Å². The zero-order valence-corrected chi connectivity index (χ0v) is 13.9. The van der Waals surface area contributed by atoms with E-state index in [4.69, 9.17) is 5.73 Å². The summed E-state index contributed by atoms with van der Waals surface area (Å²) in [6.45, 7) is 4.26. The van der Waals surface area contributed by atoms with E-state index in [1.165, 1.54) is 5.56 Å². The number of rotatable bonds is 3. The number of nitrogens with zero attached hydrogens (tertiary/aromatic N) is 2. The van der Waals surface area contributed by atoms with Crippen LogP contribution in [0.15, 0.2) is 24.3 Å². The van der Waals surface area contributed by atoms with Gasteiger partial charge in [0.1, 0.15) is 0 Å². The summed E-state index contributed by atoms with van der Waals surface area (Å²) >= 11 is 0. The SMILES string of the molecule is CC(N)C1CCN(S(=O)(=O)N2CCc3ccccc3C2)CC1. The first-order valence-corrected chi connectivity index (χ1v) is 9.46. The van der Waals surface area contributed by atoms with Crippen molar-refractivity contribution in [1.29, 1.82) is 0 Å². The Hall–Kier alpha value is -0.950. The van der Waals surface area contributed by atoms with E-state index in [1.54, 1.807) is 8.61 Å². The molecule has 0 spiro atoms. The third-order valence-corrected chi connectivity index (χ3v) is 6.97. The van der Waals surface area contributed by atoms with Crippen LogP contribution in [0.2, 0.25) is 0 Å². The monoisotopic (exact) mass is 323 g/mol. The maximum absolute atomic E-state index is 12.8. The minimum absolute atomic E-state index is 0.145. The summed E-state index contributed by atoms with van der Waals surface area (Å²) in [5.41, 5.74) is 8.33. The van der Waals surface area contributed by atoms with Crippen LogP contribution in [0.3, 0.4) is 0 Å². The molecule has 0 aliphatic carbocycles. The third kappa shape index (κ3) is 3.06. The first-order valence-electron chi connectivity index (χ1n) is 8.06. The fourth-order valence-electron chi connectivity index (χ4n) is 3.46. The molecule has 3 rings (SSSR count). The van der Waals surface area contributed by atoms with Gasteiger partial charge in [-0.2, -0.15) is 17.0 Å². The molecule has 0 amide bonds. The van der Waals surface area contributed by atoms with Crippen molar-refractivity contribution in [2.24, 2.45) is 11.7 Å². The molecule has 1 unspecified atom stereocenters. The quantitative estimate of drug-likeness (QED) is 0.913. The molecule has 0 saturated carbocycles. The average Bonchev–Trinajstić information content (AvgIpc) is 2.54. The molecule has 6 heteroatoms. The number of nitrogens with two attached hydrogens (primary N) is 1. The summed E-state index contributed by atoms with van der Waals surface area (Å²) in [5.74, 6) is 0.438. The molecule has 1 fully saturated rings. The van der Waals surface area contributed by atoms with E-state index in [9.17, 15) is 8.42 Å². The molecule has 1 aromatic rings. The molecule has 0 bridgehead atoms. The van der Waals surface area contributed by atoms with Crippen LogP contribution >= 0.6 is 0 Å². The lowest BCUT2D eigenvalue weighted by molar-refractivity contribution is 0.233. The second-order valence-electron chi connectivity index (χ2n) is 6.46. The van der Waals surface area contributed by atoms with E-state index >= 15 is 0 Å². The zero-order valence-electron chi connectivity index (χ0n) is 13.1. The molecular formula is C16H25N3O2S. The Kier molecular flexibility index (Phi) is 4.54. The van der Waals surface area contributed by atoms with Gasteiger partial charge in [-0.15, -0.1) is 0 Å². The van der Waals surface area contributed by atoms with Gasteiger partial charge in [0.05, 0.1) is 0 Å². The molecule has 122 valence electrons. The van der Waals surface area contributed by atoms with Crippen molar-refractivity contribution < 1.29 is 8.42 Å². The lowest BCUT2D eigenvalue weighted by Gasteiger charge is -2.37. The standard InChI is InChI=1S/C16H25N3O2S/c1-13(17)14-6-9-18(10-7-14)22(20,21)19-11-8-15-4-2-3-5-16(15)12-19/h2-5,13-14H,6-12,17H2,1H3. The average molecular weight is 323 g/mol. The molecule has 5 nitrogen and oxygen atoms in total. The normalized spacial score (nSPS) is 23.2.